The predicted molar refractivity (Wildman–Crippen MR) is 155 cm³/mol. The number of halogens is 1. The number of methoxy groups -OCH3 is 1. The number of nitrogens with zero attached hydrogens (tertiary/aromatic N) is 2. The van der Waals surface area contributed by atoms with Crippen molar-refractivity contribution < 1.29 is 17.9 Å². The first-order valence-corrected chi connectivity index (χ1v) is 14.7. The van der Waals surface area contributed by atoms with Gasteiger partial charge in [0.25, 0.3) is 0 Å². The highest BCUT2D eigenvalue weighted by Crippen LogP contribution is 2.21. The normalized spacial score (nSPS) is 11.8. The quantitative estimate of drug-likeness (QED) is 0.218. The molecular weight excluding hydrogens is 534 g/mol. The van der Waals surface area contributed by atoms with E-state index in [-0.39, 0.29) is 23.9 Å². The second kappa shape index (κ2) is 13.3. The monoisotopic (exact) mass is 567 g/mol. The van der Waals surface area contributed by atoms with Crippen LogP contribution in [0.1, 0.15) is 23.1 Å². The number of carbonyl (C=O) groups is 1. The second-order valence-electron chi connectivity index (χ2n) is 9.55. The number of aromatic nitrogens is 1. The Bertz CT molecular complexity index is 1480. The third-order valence-corrected chi connectivity index (χ3v) is 8.80. The number of para-hydroxylation sites is 1. The summed E-state index contributed by atoms with van der Waals surface area (Å²) < 4.78 is 33.6. The SMILES string of the molecule is COCCCN(CC(=O)N(CCc1c[nH]c2ccccc12)Cc1ccc(Cl)cc1)S(=O)(=O)c1ccc(C)cc1. The number of aromatic amines is 1. The molecule has 4 aromatic rings. The molecular formula is C30H34ClN3O4S. The first-order valence-electron chi connectivity index (χ1n) is 12.9. The number of ether oxygens (including phenoxy) is 1. The van der Waals surface area contributed by atoms with Gasteiger partial charge in [0.15, 0.2) is 0 Å². The van der Waals surface area contributed by atoms with Crippen molar-refractivity contribution in [1.82, 2.24) is 14.2 Å². The van der Waals surface area contributed by atoms with E-state index in [0.29, 0.717) is 37.6 Å². The van der Waals surface area contributed by atoms with Crippen LogP contribution < -0.4 is 0 Å². The van der Waals surface area contributed by atoms with E-state index in [0.717, 1.165) is 27.6 Å². The predicted octanol–water partition coefficient (Wildman–Crippen LogP) is 5.43. The summed E-state index contributed by atoms with van der Waals surface area (Å²) in [4.78, 5) is 18.9. The zero-order chi connectivity index (χ0) is 27.8. The van der Waals surface area contributed by atoms with Crippen LogP contribution >= 0.6 is 11.6 Å². The summed E-state index contributed by atoms with van der Waals surface area (Å²) in [5.74, 6) is -0.266. The van der Waals surface area contributed by atoms with Crippen LogP contribution in [0.2, 0.25) is 5.02 Å². The lowest BCUT2D eigenvalue weighted by molar-refractivity contribution is -0.132. The first-order chi connectivity index (χ1) is 18.8. The van der Waals surface area contributed by atoms with Gasteiger partial charge < -0.3 is 14.6 Å². The Morgan fingerprint density at radius 3 is 2.41 bits per heavy atom. The number of benzene rings is 3. The molecule has 0 aliphatic carbocycles. The molecule has 0 unspecified atom stereocenters. The van der Waals surface area contributed by atoms with Crippen molar-refractivity contribution in [2.24, 2.45) is 0 Å². The molecule has 0 spiro atoms. The summed E-state index contributed by atoms with van der Waals surface area (Å²) in [6, 6.07) is 22.1. The van der Waals surface area contributed by atoms with E-state index in [9.17, 15) is 13.2 Å². The minimum absolute atomic E-state index is 0.168. The number of aryl methyl sites for hydroxylation is 1. The van der Waals surface area contributed by atoms with Gasteiger partial charge in [-0.05, 0) is 61.2 Å². The van der Waals surface area contributed by atoms with Gasteiger partial charge in [0.2, 0.25) is 15.9 Å². The molecule has 3 aromatic carbocycles. The van der Waals surface area contributed by atoms with E-state index in [1.54, 1.807) is 48.4 Å². The molecule has 1 amide bonds. The van der Waals surface area contributed by atoms with E-state index in [4.69, 9.17) is 16.3 Å². The lowest BCUT2D eigenvalue weighted by Crippen LogP contribution is -2.43. The van der Waals surface area contributed by atoms with Crippen LogP contribution in [0.5, 0.6) is 0 Å². The molecule has 206 valence electrons. The third-order valence-electron chi connectivity index (χ3n) is 6.69. The topological polar surface area (TPSA) is 82.7 Å². The van der Waals surface area contributed by atoms with E-state index >= 15 is 0 Å². The number of fused-ring (bicyclic) bond motifs is 1. The molecule has 0 bridgehead atoms. The van der Waals surface area contributed by atoms with Gasteiger partial charge in [-0.1, -0.05) is 59.6 Å². The van der Waals surface area contributed by atoms with Gasteiger partial charge in [-0.2, -0.15) is 4.31 Å². The van der Waals surface area contributed by atoms with E-state index in [1.165, 1.54) is 4.31 Å². The maximum absolute atomic E-state index is 13.8. The van der Waals surface area contributed by atoms with Gasteiger partial charge in [0.1, 0.15) is 0 Å². The average Bonchev–Trinajstić information content (AvgIpc) is 3.35. The van der Waals surface area contributed by atoms with Crippen LogP contribution in [0, 0.1) is 6.92 Å². The number of hydrogen-bond donors (Lipinski definition) is 1. The van der Waals surface area contributed by atoms with Gasteiger partial charge in [-0.25, -0.2) is 8.42 Å². The zero-order valence-electron chi connectivity index (χ0n) is 22.3. The standard InChI is InChI=1S/C30H34ClN3O4S/c1-23-8-14-27(15-9-23)39(36,37)34(17-5-19-38-2)22-30(35)33(21-24-10-12-26(31)13-11-24)18-16-25-20-32-29-7-4-3-6-28(25)29/h3-4,6-15,20,32H,5,16-19,21-22H2,1-2H3. The lowest BCUT2D eigenvalue weighted by Gasteiger charge is -2.27. The third kappa shape index (κ3) is 7.48. The van der Waals surface area contributed by atoms with Crippen molar-refractivity contribution in [3.05, 3.63) is 101 Å². The minimum atomic E-state index is -3.88. The molecule has 7 nitrogen and oxygen atoms in total. The van der Waals surface area contributed by atoms with Gasteiger partial charge in [0.05, 0.1) is 11.4 Å². The van der Waals surface area contributed by atoms with Gasteiger partial charge in [-0.15, -0.1) is 0 Å². The fourth-order valence-corrected chi connectivity index (χ4v) is 6.03. The summed E-state index contributed by atoms with van der Waals surface area (Å²) in [6.07, 6.45) is 3.06. The highest BCUT2D eigenvalue weighted by molar-refractivity contribution is 7.89. The summed E-state index contributed by atoms with van der Waals surface area (Å²) in [5.41, 5.74) is 4.02. The van der Waals surface area contributed by atoms with E-state index < -0.39 is 10.0 Å². The summed E-state index contributed by atoms with van der Waals surface area (Å²) in [5, 5.41) is 1.73. The number of amides is 1. The molecule has 0 saturated heterocycles. The van der Waals surface area contributed by atoms with Crippen molar-refractivity contribution in [2.45, 2.75) is 31.2 Å². The molecule has 1 aromatic heterocycles. The van der Waals surface area contributed by atoms with Crippen molar-refractivity contribution in [1.29, 1.82) is 0 Å². The van der Waals surface area contributed by atoms with Crippen LogP contribution in [0.15, 0.2) is 83.9 Å². The highest BCUT2D eigenvalue weighted by Gasteiger charge is 2.28. The Hall–Kier alpha value is -3.17. The van der Waals surface area contributed by atoms with Crippen LogP contribution in [-0.2, 0) is 32.5 Å². The number of carbonyl (C=O) groups excluding carboxylic acids is 1. The van der Waals surface area contributed by atoms with Crippen LogP contribution in [0.25, 0.3) is 10.9 Å². The first kappa shape index (κ1) is 28.8. The maximum atomic E-state index is 13.8. The highest BCUT2D eigenvalue weighted by atomic mass is 35.5. The van der Waals surface area contributed by atoms with Crippen LogP contribution in [0.4, 0.5) is 0 Å². The maximum Gasteiger partial charge on any atom is 0.243 e. The smallest absolute Gasteiger partial charge is 0.243 e. The summed E-state index contributed by atoms with van der Waals surface area (Å²) >= 11 is 6.07. The summed E-state index contributed by atoms with van der Waals surface area (Å²) in [6.45, 7) is 2.98. The van der Waals surface area contributed by atoms with Crippen molar-refractivity contribution >= 4 is 38.4 Å². The minimum Gasteiger partial charge on any atom is -0.385 e. The summed E-state index contributed by atoms with van der Waals surface area (Å²) in [7, 11) is -2.31. The number of H-pyrrole nitrogens is 1. The Kier molecular flexibility index (Phi) is 9.80. The second-order valence-corrected chi connectivity index (χ2v) is 11.9. The Morgan fingerprint density at radius 2 is 1.69 bits per heavy atom. The molecule has 4 rings (SSSR count). The number of hydrogen-bond acceptors (Lipinski definition) is 4. The van der Waals surface area contributed by atoms with E-state index in [1.807, 2.05) is 43.5 Å². The molecule has 0 saturated carbocycles. The van der Waals surface area contributed by atoms with Crippen LogP contribution in [0.3, 0.4) is 0 Å². The molecule has 0 aliphatic heterocycles. The van der Waals surface area contributed by atoms with Crippen molar-refractivity contribution in [3.8, 4) is 0 Å². The molecule has 9 heteroatoms. The van der Waals surface area contributed by atoms with E-state index in [2.05, 4.69) is 11.1 Å². The van der Waals surface area contributed by atoms with Crippen molar-refractivity contribution in [2.75, 3.05) is 33.4 Å². The number of sulfonamides is 1. The Morgan fingerprint density at radius 1 is 0.974 bits per heavy atom. The number of rotatable bonds is 13. The average molecular weight is 568 g/mol. The van der Waals surface area contributed by atoms with Gasteiger partial charge in [-0.3, -0.25) is 4.79 Å². The van der Waals surface area contributed by atoms with Gasteiger partial charge in [0, 0.05) is 55.5 Å². The zero-order valence-corrected chi connectivity index (χ0v) is 23.8. The largest absolute Gasteiger partial charge is 0.385 e. The molecule has 0 fully saturated rings. The molecule has 0 aliphatic rings. The molecule has 0 atom stereocenters. The molecule has 1 heterocycles. The fourth-order valence-electron chi connectivity index (χ4n) is 4.48. The number of nitrogens with one attached hydrogen (secondary N) is 1. The van der Waals surface area contributed by atoms with Gasteiger partial charge >= 0.3 is 0 Å². The van der Waals surface area contributed by atoms with Crippen LogP contribution in [-0.4, -0.2) is 61.9 Å². The Labute approximate surface area is 235 Å². The Balaban J connectivity index is 1.58. The molecule has 1 N–H and O–H groups in total. The van der Waals surface area contributed by atoms with Crippen molar-refractivity contribution in [3.63, 3.8) is 0 Å². The lowest BCUT2D eigenvalue weighted by atomic mass is 10.1. The molecule has 39 heavy (non-hydrogen) atoms. The molecule has 0 radical (unpaired) electrons. The fraction of sp³-hybridized carbons (Fsp3) is 0.300.